The van der Waals surface area contributed by atoms with Gasteiger partial charge in [0.2, 0.25) is 11.9 Å². The first kappa shape index (κ1) is 14.7. The summed E-state index contributed by atoms with van der Waals surface area (Å²) in [4.78, 5) is 22.3. The van der Waals surface area contributed by atoms with E-state index in [1.165, 1.54) is 4.57 Å². The minimum absolute atomic E-state index is 0.0105. The first-order valence-corrected chi connectivity index (χ1v) is 6.55. The van der Waals surface area contributed by atoms with Gasteiger partial charge in [-0.2, -0.15) is 4.98 Å². The van der Waals surface area contributed by atoms with Gasteiger partial charge < -0.3 is 31.1 Å². The van der Waals surface area contributed by atoms with Crippen molar-refractivity contribution in [1.82, 2.24) is 19.5 Å². The van der Waals surface area contributed by atoms with Crippen molar-refractivity contribution in [2.75, 3.05) is 24.7 Å². The number of aromatic nitrogens is 4. The van der Waals surface area contributed by atoms with Gasteiger partial charge in [-0.3, -0.25) is 14.3 Å². The van der Waals surface area contributed by atoms with Crippen molar-refractivity contribution in [3.05, 3.63) is 10.4 Å². The molecule has 0 bridgehead atoms. The molecule has 0 amide bonds. The predicted octanol–water partition coefficient (Wildman–Crippen LogP) is -2.64. The summed E-state index contributed by atoms with van der Waals surface area (Å²) >= 11 is 0. The van der Waals surface area contributed by atoms with Crippen molar-refractivity contribution in [2.24, 2.45) is 0 Å². The van der Waals surface area contributed by atoms with Crippen LogP contribution in [0, 0.1) is 0 Å². The van der Waals surface area contributed by atoms with E-state index in [1.807, 2.05) is 0 Å². The van der Waals surface area contributed by atoms with E-state index in [0.29, 0.717) is 0 Å². The molecule has 22 heavy (non-hydrogen) atoms. The van der Waals surface area contributed by atoms with Crippen molar-refractivity contribution in [2.45, 2.75) is 24.5 Å². The lowest BCUT2D eigenvalue weighted by molar-refractivity contribution is -0.0501. The minimum atomic E-state index is -1.33. The molecule has 0 saturated carbocycles. The molecule has 11 heteroatoms. The third-order valence-electron chi connectivity index (χ3n) is 3.56. The van der Waals surface area contributed by atoms with Crippen molar-refractivity contribution in [3.8, 4) is 0 Å². The number of aliphatic hydroxyl groups excluding tert-OH is 3. The highest BCUT2D eigenvalue weighted by atomic mass is 16.6. The Balaban J connectivity index is 2.20. The van der Waals surface area contributed by atoms with Crippen LogP contribution in [-0.4, -0.2) is 66.8 Å². The molecule has 3 rings (SSSR count). The second-order valence-electron chi connectivity index (χ2n) is 4.91. The Labute approximate surface area is 123 Å². The average Bonchev–Trinajstić information content (AvgIpc) is 2.98. The average molecular weight is 312 g/mol. The van der Waals surface area contributed by atoms with Crippen LogP contribution >= 0.6 is 0 Å². The molecule has 120 valence electrons. The second kappa shape index (κ2) is 5.21. The van der Waals surface area contributed by atoms with E-state index >= 15 is 0 Å². The fourth-order valence-electron chi connectivity index (χ4n) is 2.51. The molecule has 2 aromatic rings. The maximum Gasteiger partial charge on any atom is 0.280 e. The van der Waals surface area contributed by atoms with Crippen LogP contribution in [0.2, 0.25) is 0 Å². The summed E-state index contributed by atoms with van der Waals surface area (Å²) in [6, 6.07) is 0. The first-order valence-electron chi connectivity index (χ1n) is 6.55. The zero-order valence-corrected chi connectivity index (χ0v) is 11.6. The zero-order valence-electron chi connectivity index (χ0n) is 11.6. The third kappa shape index (κ3) is 2.02. The van der Waals surface area contributed by atoms with Gasteiger partial charge >= 0.3 is 0 Å². The lowest BCUT2D eigenvalue weighted by atomic mass is 10.1. The summed E-state index contributed by atoms with van der Waals surface area (Å²) in [6.07, 6.45) is -4.64. The molecule has 1 aliphatic heterocycles. The molecule has 3 heterocycles. The molecule has 1 fully saturated rings. The van der Waals surface area contributed by atoms with Crippen LogP contribution in [-0.2, 0) is 4.74 Å². The quantitative estimate of drug-likeness (QED) is 0.354. The van der Waals surface area contributed by atoms with Crippen molar-refractivity contribution >= 4 is 23.1 Å². The zero-order chi connectivity index (χ0) is 16.0. The molecule has 1 saturated heterocycles. The van der Waals surface area contributed by atoms with Gasteiger partial charge in [-0.25, -0.2) is 4.98 Å². The number of hydrogen-bond acceptors (Lipinski definition) is 9. The largest absolute Gasteiger partial charge is 0.394 e. The van der Waals surface area contributed by atoms with E-state index in [4.69, 9.17) is 10.5 Å². The first-order chi connectivity index (χ1) is 10.5. The number of imidazole rings is 1. The van der Waals surface area contributed by atoms with Crippen molar-refractivity contribution < 1.29 is 20.1 Å². The number of ether oxygens (including phenoxy) is 1. The monoisotopic (exact) mass is 312 g/mol. The summed E-state index contributed by atoms with van der Waals surface area (Å²) in [5.41, 5.74) is 5.11. The Kier molecular flexibility index (Phi) is 3.48. The van der Waals surface area contributed by atoms with Gasteiger partial charge in [-0.1, -0.05) is 0 Å². The Morgan fingerprint density at radius 2 is 2.14 bits per heavy atom. The highest BCUT2D eigenvalue weighted by Gasteiger charge is 2.45. The molecule has 0 aromatic carbocycles. The summed E-state index contributed by atoms with van der Waals surface area (Å²) in [5.74, 6) is 0.0847. The molecule has 0 unspecified atom stereocenters. The Morgan fingerprint density at radius 1 is 1.41 bits per heavy atom. The van der Waals surface area contributed by atoms with Crippen molar-refractivity contribution in [3.63, 3.8) is 0 Å². The Bertz CT molecular complexity index is 757. The number of aliphatic hydroxyl groups is 3. The highest BCUT2D eigenvalue weighted by molar-refractivity contribution is 5.74. The number of fused-ring (bicyclic) bond motifs is 1. The number of nitrogens with two attached hydrogens (primary N) is 1. The van der Waals surface area contributed by atoms with E-state index in [-0.39, 0.29) is 23.1 Å². The Morgan fingerprint density at radius 3 is 2.73 bits per heavy atom. The predicted molar refractivity (Wildman–Crippen MR) is 75.1 cm³/mol. The van der Waals surface area contributed by atoms with Crippen LogP contribution in [0.3, 0.4) is 0 Å². The van der Waals surface area contributed by atoms with Crippen LogP contribution in [0.15, 0.2) is 4.79 Å². The van der Waals surface area contributed by atoms with E-state index in [1.54, 1.807) is 7.05 Å². The van der Waals surface area contributed by atoms with Gasteiger partial charge in [0, 0.05) is 7.05 Å². The SMILES string of the molecule is CNc1nc2c(=O)[nH]c(N)nc2n1[C@H]1O[C@@H](CO)[C@@H](O)[C@H]1O. The number of aromatic amines is 1. The maximum atomic E-state index is 11.9. The molecule has 4 atom stereocenters. The number of rotatable bonds is 3. The van der Waals surface area contributed by atoms with E-state index in [9.17, 15) is 20.1 Å². The topological polar surface area (TPSA) is 172 Å². The maximum absolute atomic E-state index is 11.9. The van der Waals surface area contributed by atoms with E-state index in [0.717, 1.165) is 0 Å². The minimum Gasteiger partial charge on any atom is -0.394 e. The molecule has 11 nitrogen and oxygen atoms in total. The van der Waals surface area contributed by atoms with Crippen LogP contribution in [0.1, 0.15) is 6.23 Å². The smallest absolute Gasteiger partial charge is 0.280 e. The fourth-order valence-corrected chi connectivity index (χ4v) is 2.51. The standard InChI is InChI=1S/C11H16N6O5/c1-13-11-14-4-7(15-10(12)16-8(4)21)17(11)9-6(20)5(19)3(2-18)22-9/h3,5-6,9,18-20H,2H2,1H3,(H,13,14)(H3,12,15,16,21)/t3-,5+,6+,9-/m0/s1. The third-order valence-corrected chi connectivity index (χ3v) is 3.56. The number of nitrogen functional groups attached to an aromatic ring is 1. The molecular formula is C11H16N6O5. The van der Waals surface area contributed by atoms with Gasteiger partial charge in [0.15, 0.2) is 17.4 Å². The van der Waals surface area contributed by atoms with Gasteiger partial charge in [0.25, 0.3) is 5.56 Å². The van der Waals surface area contributed by atoms with Crippen molar-refractivity contribution in [1.29, 1.82) is 0 Å². The lowest BCUT2D eigenvalue weighted by Crippen LogP contribution is -2.33. The fraction of sp³-hybridized carbons (Fsp3) is 0.545. The van der Waals surface area contributed by atoms with Crippen LogP contribution < -0.4 is 16.6 Å². The summed E-state index contributed by atoms with van der Waals surface area (Å²) in [6.45, 7) is -0.466. The molecule has 0 radical (unpaired) electrons. The van der Waals surface area contributed by atoms with E-state index < -0.39 is 36.7 Å². The van der Waals surface area contributed by atoms with Crippen LogP contribution in [0.5, 0.6) is 0 Å². The van der Waals surface area contributed by atoms with Gasteiger partial charge in [0.05, 0.1) is 6.61 Å². The summed E-state index contributed by atoms with van der Waals surface area (Å²) in [7, 11) is 1.57. The van der Waals surface area contributed by atoms with Gasteiger partial charge in [-0.05, 0) is 0 Å². The molecule has 0 spiro atoms. The lowest BCUT2D eigenvalue weighted by Gasteiger charge is -2.18. The Hall–Kier alpha value is -2.21. The number of nitrogens with one attached hydrogen (secondary N) is 2. The van der Waals surface area contributed by atoms with E-state index in [2.05, 4.69) is 20.3 Å². The normalized spacial score (nSPS) is 28.4. The van der Waals surface area contributed by atoms with Crippen LogP contribution in [0.4, 0.5) is 11.9 Å². The summed E-state index contributed by atoms with van der Waals surface area (Å²) < 4.78 is 6.77. The number of H-pyrrole nitrogens is 1. The van der Waals surface area contributed by atoms with Gasteiger partial charge in [-0.15, -0.1) is 0 Å². The number of anilines is 2. The van der Waals surface area contributed by atoms with Gasteiger partial charge in [0.1, 0.15) is 18.3 Å². The highest BCUT2D eigenvalue weighted by Crippen LogP contribution is 2.33. The molecule has 0 aliphatic carbocycles. The molecule has 1 aliphatic rings. The van der Waals surface area contributed by atoms with Crippen LogP contribution in [0.25, 0.3) is 11.2 Å². The second-order valence-corrected chi connectivity index (χ2v) is 4.91. The molecule has 7 N–H and O–H groups in total. The molecule has 2 aromatic heterocycles. The number of nitrogens with zero attached hydrogens (tertiary/aromatic N) is 3. The summed E-state index contributed by atoms with van der Waals surface area (Å²) in [5, 5.41) is 31.9. The molecular weight excluding hydrogens is 296 g/mol. The number of hydrogen-bond donors (Lipinski definition) is 6.